The van der Waals surface area contributed by atoms with Gasteiger partial charge >= 0.3 is 0 Å². The van der Waals surface area contributed by atoms with Gasteiger partial charge in [0.15, 0.2) is 0 Å². The molecule has 0 unspecified atom stereocenters. The van der Waals surface area contributed by atoms with E-state index in [4.69, 9.17) is 0 Å². The standard InChI is InChI=1S/C16H21N3O/c20-11-10-18(15-2-1-3-15)12-14-4-6-16(7-5-14)19-9-8-17-13-19/h4-9,13,15,20H,1-3,10-12H2. The van der Waals surface area contributed by atoms with Crippen LogP contribution in [-0.4, -0.2) is 38.8 Å². The van der Waals surface area contributed by atoms with E-state index in [0.29, 0.717) is 6.04 Å². The predicted molar refractivity (Wildman–Crippen MR) is 78.7 cm³/mol. The minimum absolute atomic E-state index is 0.240. The number of hydrogen-bond donors (Lipinski definition) is 1. The minimum atomic E-state index is 0.240. The highest BCUT2D eigenvalue weighted by Gasteiger charge is 2.24. The van der Waals surface area contributed by atoms with Gasteiger partial charge in [0.25, 0.3) is 0 Å². The maximum Gasteiger partial charge on any atom is 0.0991 e. The second kappa shape index (κ2) is 6.20. The molecule has 1 saturated carbocycles. The van der Waals surface area contributed by atoms with Crippen LogP contribution in [-0.2, 0) is 6.54 Å². The fourth-order valence-electron chi connectivity index (χ4n) is 2.69. The number of rotatable bonds is 6. The molecule has 0 bridgehead atoms. The summed E-state index contributed by atoms with van der Waals surface area (Å²) in [5, 5.41) is 9.20. The minimum Gasteiger partial charge on any atom is -0.395 e. The summed E-state index contributed by atoms with van der Waals surface area (Å²) in [7, 11) is 0. The van der Waals surface area contributed by atoms with Crippen LogP contribution in [0.25, 0.3) is 5.69 Å². The van der Waals surface area contributed by atoms with Crippen LogP contribution >= 0.6 is 0 Å². The Morgan fingerprint density at radius 3 is 2.60 bits per heavy atom. The summed E-state index contributed by atoms with van der Waals surface area (Å²) in [5.41, 5.74) is 2.43. The van der Waals surface area contributed by atoms with Crippen molar-refractivity contribution in [2.45, 2.75) is 31.8 Å². The Labute approximate surface area is 119 Å². The van der Waals surface area contributed by atoms with Gasteiger partial charge in [0, 0.05) is 37.2 Å². The molecule has 4 nitrogen and oxygen atoms in total. The zero-order chi connectivity index (χ0) is 13.8. The molecule has 1 N–H and O–H groups in total. The van der Waals surface area contributed by atoms with Gasteiger partial charge in [-0.1, -0.05) is 18.6 Å². The average molecular weight is 271 g/mol. The third-order valence-electron chi connectivity index (χ3n) is 4.10. The van der Waals surface area contributed by atoms with E-state index < -0.39 is 0 Å². The zero-order valence-electron chi connectivity index (χ0n) is 11.7. The fraction of sp³-hybridized carbons (Fsp3) is 0.438. The Bertz CT molecular complexity index is 517. The first-order chi connectivity index (χ1) is 9.86. The van der Waals surface area contributed by atoms with Crippen molar-refractivity contribution in [2.75, 3.05) is 13.2 Å². The third-order valence-corrected chi connectivity index (χ3v) is 4.10. The number of nitrogens with zero attached hydrogens (tertiary/aromatic N) is 3. The van der Waals surface area contributed by atoms with Gasteiger partial charge in [-0.3, -0.25) is 4.90 Å². The van der Waals surface area contributed by atoms with Crippen LogP contribution in [0.2, 0.25) is 0 Å². The van der Waals surface area contributed by atoms with Crippen molar-refractivity contribution in [3.8, 4) is 5.69 Å². The van der Waals surface area contributed by atoms with Gasteiger partial charge < -0.3 is 9.67 Å². The molecular weight excluding hydrogens is 250 g/mol. The first-order valence-corrected chi connectivity index (χ1v) is 7.29. The Kier molecular flexibility index (Phi) is 4.14. The lowest BCUT2D eigenvalue weighted by atomic mass is 9.91. The lowest BCUT2D eigenvalue weighted by molar-refractivity contribution is 0.0945. The van der Waals surface area contributed by atoms with Crippen LogP contribution in [0.5, 0.6) is 0 Å². The summed E-state index contributed by atoms with van der Waals surface area (Å²) in [6.45, 7) is 1.94. The molecule has 1 aromatic carbocycles. The number of aliphatic hydroxyl groups excluding tert-OH is 1. The van der Waals surface area contributed by atoms with E-state index in [1.165, 1.54) is 24.8 Å². The fourth-order valence-corrected chi connectivity index (χ4v) is 2.69. The maximum atomic E-state index is 9.20. The van der Waals surface area contributed by atoms with Gasteiger partial charge in [0.2, 0.25) is 0 Å². The number of hydrogen-bond acceptors (Lipinski definition) is 3. The quantitative estimate of drug-likeness (QED) is 0.876. The largest absolute Gasteiger partial charge is 0.395 e. The summed E-state index contributed by atoms with van der Waals surface area (Å²) in [6, 6.07) is 9.23. The van der Waals surface area contributed by atoms with Crippen molar-refractivity contribution >= 4 is 0 Å². The molecule has 1 fully saturated rings. The SMILES string of the molecule is OCCN(Cc1ccc(-n2ccnc2)cc1)C1CCC1. The van der Waals surface area contributed by atoms with Gasteiger partial charge in [0.05, 0.1) is 12.9 Å². The van der Waals surface area contributed by atoms with Crippen molar-refractivity contribution in [1.82, 2.24) is 14.5 Å². The first kappa shape index (κ1) is 13.3. The summed E-state index contributed by atoms with van der Waals surface area (Å²) in [6.07, 6.45) is 9.41. The van der Waals surface area contributed by atoms with E-state index >= 15 is 0 Å². The van der Waals surface area contributed by atoms with Gasteiger partial charge in [-0.05, 0) is 30.5 Å². The molecule has 0 atom stereocenters. The van der Waals surface area contributed by atoms with Crippen molar-refractivity contribution in [3.63, 3.8) is 0 Å². The molecule has 0 saturated heterocycles. The summed E-state index contributed by atoms with van der Waals surface area (Å²) >= 11 is 0. The molecular formula is C16H21N3O. The van der Waals surface area contributed by atoms with Crippen LogP contribution in [0.15, 0.2) is 43.0 Å². The summed E-state index contributed by atoms with van der Waals surface area (Å²) in [4.78, 5) is 6.46. The van der Waals surface area contributed by atoms with Gasteiger partial charge in [-0.2, -0.15) is 0 Å². The highest BCUT2D eigenvalue weighted by atomic mass is 16.3. The van der Waals surface area contributed by atoms with Gasteiger partial charge in [-0.25, -0.2) is 4.98 Å². The van der Waals surface area contributed by atoms with Crippen molar-refractivity contribution < 1.29 is 5.11 Å². The van der Waals surface area contributed by atoms with E-state index in [0.717, 1.165) is 18.8 Å². The molecule has 2 aromatic rings. The second-order valence-corrected chi connectivity index (χ2v) is 5.42. The van der Waals surface area contributed by atoms with Crippen LogP contribution < -0.4 is 0 Å². The van der Waals surface area contributed by atoms with E-state index in [9.17, 15) is 5.11 Å². The third kappa shape index (κ3) is 2.92. The summed E-state index contributed by atoms with van der Waals surface area (Å²) < 4.78 is 2.00. The molecule has 106 valence electrons. The van der Waals surface area contributed by atoms with E-state index in [1.54, 1.807) is 12.5 Å². The van der Waals surface area contributed by atoms with Crippen molar-refractivity contribution in [1.29, 1.82) is 0 Å². The molecule has 0 aliphatic heterocycles. The Balaban J connectivity index is 1.67. The lowest BCUT2D eigenvalue weighted by Gasteiger charge is -2.37. The Morgan fingerprint density at radius 2 is 2.05 bits per heavy atom. The molecule has 1 heterocycles. The van der Waals surface area contributed by atoms with E-state index in [2.05, 4.69) is 34.1 Å². The van der Waals surface area contributed by atoms with E-state index in [1.807, 2.05) is 10.8 Å². The molecule has 0 amide bonds. The normalized spacial score (nSPS) is 15.5. The second-order valence-electron chi connectivity index (χ2n) is 5.42. The van der Waals surface area contributed by atoms with Crippen LogP contribution in [0, 0.1) is 0 Å². The number of aliphatic hydroxyl groups is 1. The molecule has 3 rings (SSSR count). The average Bonchev–Trinajstić information content (AvgIpc) is 2.92. The van der Waals surface area contributed by atoms with Crippen molar-refractivity contribution in [3.05, 3.63) is 48.5 Å². The van der Waals surface area contributed by atoms with Crippen LogP contribution in [0.4, 0.5) is 0 Å². The topological polar surface area (TPSA) is 41.3 Å². The highest BCUT2D eigenvalue weighted by molar-refractivity contribution is 5.34. The number of benzene rings is 1. The molecule has 1 aliphatic carbocycles. The Morgan fingerprint density at radius 1 is 1.25 bits per heavy atom. The van der Waals surface area contributed by atoms with E-state index in [-0.39, 0.29) is 6.61 Å². The number of aromatic nitrogens is 2. The van der Waals surface area contributed by atoms with Crippen LogP contribution in [0.1, 0.15) is 24.8 Å². The zero-order valence-corrected chi connectivity index (χ0v) is 11.7. The molecule has 1 aliphatic rings. The van der Waals surface area contributed by atoms with Gasteiger partial charge in [0.1, 0.15) is 0 Å². The number of imidazole rings is 1. The Hall–Kier alpha value is -1.65. The van der Waals surface area contributed by atoms with Crippen LogP contribution in [0.3, 0.4) is 0 Å². The molecule has 0 spiro atoms. The highest BCUT2D eigenvalue weighted by Crippen LogP contribution is 2.26. The first-order valence-electron chi connectivity index (χ1n) is 7.29. The van der Waals surface area contributed by atoms with Crippen molar-refractivity contribution in [2.24, 2.45) is 0 Å². The maximum absolute atomic E-state index is 9.20. The summed E-state index contributed by atoms with van der Waals surface area (Å²) in [5.74, 6) is 0. The van der Waals surface area contributed by atoms with Gasteiger partial charge in [-0.15, -0.1) is 0 Å². The molecule has 1 aromatic heterocycles. The lowest BCUT2D eigenvalue weighted by Crippen LogP contribution is -2.41. The monoisotopic (exact) mass is 271 g/mol. The molecule has 4 heteroatoms. The molecule has 20 heavy (non-hydrogen) atoms. The predicted octanol–water partition coefficient (Wildman–Crippen LogP) is 2.22. The smallest absolute Gasteiger partial charge is 0.0991 e. The molecule has 0 radical (unpaired) electrons.